The standard InChI is InChI=1S/C19H19N3O4S/c1-3-21-13-8-4-6-10-15(13)26-16(21)11-7-5-9-14-18(25)22(12-17(23)24)19(27)20(14)2/h4,6-11,25H,3,12H2,1-2H3,(H,23,24). The fraction of sp³-hybridized carbons (Fsp3) is 0.211. The molecule has 0 aliphatic carbocycles. The first-order valence-corrected chi connectivity index (χ1v) is 8.72. The number of carbonyl (C=O) groups is 1. The van der Waals surface area contributed by atoms with E-state index in [1.807, 2.05) is 36.1 Å². The highest BCUT2D eigenvalue weighted by Crippen LogP contribution is 2.38. The van der Waals surface area contributed by atoms with Crippen LogP contribution in [0.2, 0.25) is 0 Å². The van der Waals surface area contributed by atoms with Crippen molar-refractivity contribution in [3.63, 3.8) is 0 Å². The fourth-order valence-electron chi connectivity index (χ4n) is 2.85. The molecule has 140 valence electrons. The average Bonchev–Trinajstić information content (AvgIpc) is 3.09. The molecule has 1 aliphatic rings. The Bertz CT molecular complexity index is 1040. The zero-order chi connectivity index (χ0) is 19.6. The summed E-state index contributed by atoms with van der Waals surface area (Å²) in [6.07, 6.45) is 4.99. The van der Waals surface area contributed by atoms with Crippen LogP contribution in [0.5, 0.6) is 11.6 Å². The lowest BCUT2D eigenvalue weighted by atomic mass is 10.3. The molecule has 27 heavy (non-hydrogen) atoms. The molecular weight excluding hydrogens is 366 g/mol. The molecule has 1 aromatic carbocycles. The van der Waals surface area contributed by atoms with Gasteiger partial charge in [-0.3, -0.25) is 9.36 Å². The second-order valence-corrected chi connectivity index (χ2v) is 6.19. The van der Waals surface area contributed by atoms with Gasteiger partial charge in [0.2, 0.25) is 11.8 Å². The van der Waals surface area contributed by atoms with Crippen LogP contribution in [0.15, 0.2) is 48.0 Å². The maximum Gasteiger partial charge on any atom is 0.323 e. The Labute approximate surface area is 161 Å². The first-order valence-electron chi connectivity index (χ1n) is 8.31. The lowest BCUT2D eigenvalue weighted by Crippen LogP contribution is -2.18. The van der Waals surface area contributed by atoms with Crippen LogP contribution in [0.25, 0.3) is 6.08 Å². The number of anilines is 1. The molecule has 0 bridgehead atoms. The van der Waals surface area contributed by atoms with E-state index < -0.39 is 12.5 Å². The van der Waals surface area contributed by atoms with E-state index in [2.05, 4.69) is 5.73 Å². The Morgan fingerprint density at radius 3 is 2.81 bits per heavy atom. The number of hydrogen-bond acceptors (Lipinski definition) is 5. The minimum atomic E-state index is -1.08. The molecular formula is C19H19N3O4S. The van der Waals surface area contributed by atoms with Crippen LogP contribution in [0.1, 0.15) is 12.6 Å². The van der Waals surface area contributed by atoms with Gasteiger partial charge in [0.05, 0.1) is 5.69 Å². The molecule has 0 spiro atoms. The molecule has 8 heteroatoms. The van der Waals surface area contributed by atoms with E-state index >= 15 is 0 Å². The summed E-state index contributed by atoms with van der Waals surface area (Å²) >= 11 is 5.16. The lowest BCUT2D eigenvalue weighted by Gasteiger charge is -2.14. The minimum absolute atomic E-state index is 0.210. The van der Waals surface area contributed by atoms with Gasteiger partial charge in [-0.05, 0) is 37.4 Å². The van der Waals surface area contributed by atoms with Gasteiger partial charge in [0.1, 0.15) is 12.2 Å². The van der Waals surface area contributed by atoms with Gasteiger partial charge in [-0.1, -0.05) is 12.1 Å². The van der Waals surface area contributed by atoms with E-state index in [1.54, 1.807) is 25.3 Å². The predicted octanol–water partition coefficient (Wildman–Crippen LogP) is 3.27. The van der Waals surface area contributed by atoms with E-state index in [0.29, 0.717) is 11.6 Å². The number of benzene rings is 1. The maximum atomic E-state index is 10.9. The van der Waals surface area contributed by atoms with Crippen molar-refractivity contribution < 1.29 is 19.7 Å². The van der Waals surface area contributed by atoms with Gasteiger partial charge in [-0.15, -0.1) is 5.73 Å². The number of rotatable bonds is 5. The third-order valence-electron chi connectivity index (χ3n) is 4.15. The summed E-state index contributed by atoms with van der Waals surface area (Å²) in [5.41, 5.74) is 4.34. The summed E-state index contributed by atoms with van der Waals surface area (Å²) in [6, 6.07) is 7.78. The first-order chi connectivity index (χ1) is 12.9. The second-order valence-electron chi connectivity index (χ2n) is 5.83. The Morgan fingerprint density at radius 2 is 2.11 bits per heavy atom. The number of carboxylic acids is 1. The molecule has 7 nitrogen and oxygen atoms in total. The third kappa shape index (κ3) is 3.53. The highest BCUT2D eigenvalue weighted by molar-refractivity contribution is 7.71. The van der Waals surface area contributed by atoms with Crippen molar-refractivity contribution in [1.82, 2.24) is 9.13 Å². The monoisotopic (exact) mass is 385 g/mol. The highest BCUT2D eigenvalue weighted by Gasteiger charge is 2.23. The molecule has 0 unspecified atom stereocenters. The molecule has 0 atom stereocenters. The van der Waals surface area contributed by atoms with Crippen molar-refractivity contribution in [3.8, 4) is 11.6 Å². The first kappa shape index (κ1) is 18.6. The molecule has 2 heterocycles. The van der Waals surface area contributed by atoms with Crippen molar-refractivity contribution >= 4 is 30.0 Å². The smallest absolute Gasteiger partial charge is 0.323 e. The summed E-state index contributed by atoms with van der Waals surface area (Å²) in [4.78, 5) is 12.9. The molecule has 0 saturated heterocycles. The number of allylic oxidation sites excluding steroid dienone is 2. The molecule has 0 amide bonds. The SMILES string of the molecule is CCN1C(=CC=C=Cc2c(O)n(CC(=O)O)c(=S)n2C)Oc2ccccc21. The topological polar surface area (TPSA) is 79.9 Å². The van der Waals surface area contributed by atoms with Crippen molar-refractivity contribution in [3.05, 3.63) is 58.5 Å². The summed E-state index contributed by atoms with van der Waals surface area (Å²) in [7, 11) is 1.65. The second kappa shape index (κ2) is 7.57. The Kier molecular flexibility index (Phi) is 5.21. The number of imidazole rings is 1. The van der Waals surface area contributed by atoms with E-state index in [0.717, 1.165) is 22.5 Å². The average molecular weight is 385 g/mol. The molecule has 0 fully saturated rings. The normalized spacial score (nSPS) is 13.9. The summed E-state index contributed by atoms with van der Waals surface area (Å²) in [6.45, 7) is 2.39. The van der Waals surface area contributed by atoms with Gasteiger partial charge in [-0.2, -0.15) is 0 Å². The van der Waals surface area contributed by atoms with Crippen LogP contribution < -0.4 is 9.64 Å². The lowest BCUT2D eigenvalue weighted by molar-refractivity contribution is -0.137. The van der Waals surface area contributed by atoms with Gasteiger partial charge in [0, 0.05) is 25.7 Å². The quantitative estimate of drug-likeness (QED) is 0.607. The van der Waals surface area contributed by atoms with Crippen molar-refractivity contribution in [2.75, 3.05) is 11.4 Å². The van der Waals surface area contributed by atoms with Crippen LogP contribution in [0, 0.1) is 4.77 Å². The maximum absolute atomic E-state index is 10.9. The van der Waals surface area contributed by atoms with Crippen LogP contribution >= 0.6 is 12.2 Å². The Morgan fingerprint density at radius 1 is 1.37 bits per heavy atom. The number of aliphatic carboxylic acids is 1. The number of aromatic hydroxyl groups is 1. The van der Waals surface area contributed by atoms with Crippen LogP contribution in [-0.2, 0) is 18.4 Å². The van der Waals surface area contributed by atoms with Gasteiger partial charge in [-0.25, -0.2) is 0 Å². The minimum Gasteiger partial charge on any atom is -0.493 e. The van der Waals surface area contributed by atoms with E-state index in [1.165, 1.54) is 4.57 Å². The Hall–Kier alpha value is -3.22. The molecule has 0 saturated carbocycles. The predicted molar refractivity (Wildman–Crippen MR) is 104 cm³/mol. The molecule has 2 N–H and O–H groups in total. The van der Waals surface area contributed by atoms with E-state index in [4.69, 9.17) is 22.1 Å². The zero-order valence-corrected chi connectivity index (χ0v) is 15.7. The largest absolute Gasteiger partial charge is 0.493 e. The number of nitrogens with zero attached hydrogens (tertiary/aromatic N) is 3. The van der Waals surface area contributed by atoms with Crippen molar-refractivity contribution in [2.24, 2.45) is 7.05 Å². The summed E-state index contributed by atoms with van der Waals surface area (Å²) in [5, 5.41) is 19.2. The van der Waals surface area contributed by atoms with Gasteiger partial charge in [0.15, 0.2) is 10.5 Å². The number of carboxylic acid groups (broad SMARTS) is 1. The van der Waals surface area contributed by atoms with E-state index in [9.17, 15) is 9.90 Å². The third-order valence-corrected chi connectivity index (χ3v) is 4.65. The van der Waals surface area contributed by atoms with Gasteiger partial charge < -0.3 is 24.4 Å². The van der Waals surface area contributed by atoms with E-state index in [-0.39, 0.29) is 10.7 Å². The number of hydrogen-bond donors (Lipinski definition) is 2. The number of para-hydroxylation sites is 2. The summed E-state index contributed by atoms with van der Waals surface area (Å²) < 4.78 is 8.74. The Balaban J connectivity index is 1.87. The van der Waals surface area contributed by atoms with Gasteiger partial charge >= 0.3 is 5.97 Å². The van der Waals surface area contributed by atoms with Crippen LogP contribution in [0.4, 0.5) is 5.69 Å². The number of ether oxygens (including phenoxy) is 1. The molecule has 0 radical (unpaired) electrons. The molecule has 2 aromatic rings. The van der Waals surface area contributed by atoms with Crippen LogP contribution in [-0.4, -0.2) is 31.9 Å². The highest BCUT2D eigenvalue weighted by atomic mass is 32.1. The zero-order valence-electron chi connectivity index (χ0n) is 14.9. The number of aromatic nitrogens is 2. The molecule has 3 rings (SSSR count). The summed E-state index contributed by atoms with van der Waals surface area (Å²) in [5.74, 6) is 0.188. The van der Waals surface area contributed by atoms with Gasteiger partial charge in [0.25, 0.3) is 0 Å². The van der Waals surface area contributed by atoms with Crippen LogP contribution in [0.3, 0.4) is 0 Å². The molecule has 1 aromatic heterocycles. The molecule has 1 aliphatic heterocycles. The number of fused-ring (bicyclic) bond motifs is 1. The van der Waals surface area contributed by atoms with Crippen molar-refractivity contribution in [1.29, 1.82) is 0 Å². The fourth-order valence-corrected chi connectivity index (χ4v) is 3.10. The van der Waals surface area contributed by atoms with Crippen molar-refractivity contribution in [2.45, 2.75) is 13.5 Å².